The molecule has 1 aliphatic heterocycles. The lowest BCUT2D eigenvalue weighted by Crippen LogP contribution is -2.51. The van der Waals surface area contributed by atoms with E-state index in [4.69, 9.17) is 0 Å². The number of hydrogen-bond donors (Lipinski definition) is 2. The van der Waals surface area contributed by atoms with Crippen LogP contribution in [0.25, 0.3) is 11.0 Å². The van der Waals surface area contributed by atoms with E-state index in [1.165, 1.54) is 7.11 Å². The lowest BCUT2D eigenvalue weighted by molar-refractivity contribution is -0.135. The summed E-state index contributed by atoms with van der Waals surface area (Å²) in [5, 5.41) is 2.66. The molecule has 1 aromatic carbocycles. The van der Waals surface area contributed by atoms with Crippen molar-refractivity contribution in [1.29, 1.82) is 0 Å². The molecule has 0 radical (unpaired) electrons. The Kier molecular flexibility index (Phi) is 5.50. The van der Waals surface area contributed by atoms with Gasteiger partial charge in [0.15, 0.2) is 0 Å². The van der Waals surface area contributed by atoms with Gasteiger partial charge in [0.05, 0.1) is 24.2 Å². The van der Waals surface area contributed by atoms with Gasteiger partial charge in [-0.1, -0.05) is 29.8 Å². The molecule has 8 heteroatoms. The number of imidazole rings is 1. The van der Waals surface area contributed by atoms with E-state index in [2.05, 4.69) is 36.0 Å². The smallest absolute Gasteiger partial charge is 0.407 e. The number of alkyl carbamates (subject to hydrolysis) is 1. The van der Waals surface area contributed by atoms with E-state index < -0.39 is 12.1 Å². The fourth-order valence-electron chi connectivity index (χ4n) is 3.35. The van der Waals surface area contributed by atoms with Crippen LogP contribution in [-0.4, -0.2) is 46.6 Å². The molecule has 0 spiro atoms. The average Bonchev–Trinajstić information content (AvgIpc) is 3.24. The number of fused-ring (bicyclic) bond motifs is 1. The van der Waals surface area contributed by atoms with Crippen LogP contribution in [0, 0.1) is 5.92 Å². The molecule has 2 N–H and O–H groups in total. The third-order valence-electron chi connectivity index (χ3n) is 4.71. The van der Waals surface area contributed by atoms with Crippen LogP contribution in [0.5, 0.6) is 0 Å². The molecule has 1 fully saturated rings. The van der Waals surface area contributed by atoms with Gasteiger partial charge in [-0.15, -0.1) is 0 Å². The number of ether oxygens (including phenoxy) is 1. The van der Waals surface area contributed by atoms with E-state index in [0.29, 0.717) is 6.54 Å². The molecular weight excluding hydrogens is 400 g/mol. The number of carbonyl (C=O) groups is 2. The summed E-state index contributed by atoms with van der Waals surface area (Å²) in [5.41, 5.74) is 1.80. The van der Waals surface area contributed by atoms with Crippen molar-refractivity contribution in [2.75, 3.05) is 13.7 Å². The number of likely N-dealkylation sites (tertiary alicyclic amines) is 1. The number of amides is 2. The number of benzene rings is 1. The molecule has 0 aliphatic carbocycles. The summed E-state index contributed by atoms with van der Waals surface area (Å²) in [5.74, 6) is 0.633. The van der Waals surface area contributed by atoms with Crippen LogP contribution in [-0.2, 0) is 9.53 Å². The summed E-state index contributed by atoms with van der Waals surface area (Å²) < 4.78 is 5.64. The molecule has 2 atom stereocenters. The number of aromatic nitrogens is 2. The molecule has 1 aliphatic rings. The van der Waals surface area contributed by atoms with Gasteiger partial charge in [0, 0.05) is 11.0 Å². The summed E-state index contributed by atoms with van der Waals surface area (Å²) >= 11 is 3.46. The monoisotopic (exact) mass is 422 g/mol. The number of carbonyl (C=O) groups excluding carboxylic acids is 2. The molecule has 0 unspecified atom stereocenters. The Morgan fingerprint density at radius 3 is 2.88 bits per heavy atom. The fraction of sp³-hybridized carbons (Fsp3) is 0.500. The summed E-state index contributed by atoms with van der Waals surface area (Å²) in [4.78, 5) is 34.5. The van der Waals surface area contributed by atoms with Crippen molar-refractivity contribution < 1.29 is 14.3 Å². The first kappa shape index (κ1) is 18.7. The summed E-state index contributed by atoms with van der Waals surface area (Å²) in [6.07, 6.45) is 1.15. The van der Waals surface area contributed by atoms with Crippen molar-refractivity contribution in [2.24, 2.45) is 5.92 Å². The molecule has 1 saturated heterocycles. The van der Waals surface area contributed by atoms with Gasteiger partial charge in [-0.2, -0.15) is 0 Å². The van der Waals surface area contributed by atoms with Crippen molar-refractivity contribution in [3.05, 3.63) is 28.5 Å². The van der Waals surface area contributed by atoms with Crippen molar-refractivity contribution in [2.45, 2.75) is 38.8 Å². The van der Waals surface area contributed by atoms with Crippen LogP contribution in [0.1, 0.15) is 38.6 Å². The molecule has 1 aromatic heterocycles. The largest absolute Gasteiger partial charge is 0.453 e. The first-order valence-corrected chi connectivity index (χ1v) is 9.50. The van der Waals surface area contributed by atoms with Crippen molar-refractivity contribution in [3.63, 3.8) is 0 Å². The highest BCUT2D eigenvalue weighted by Crippen LogP contribution is 2.33. The van der Waals surface area contributed by atoms with E-state index in [1.54, 1.807) is 0 Å². The summed E-state index contributed by atoms with van der Waals surface area (Å²) in [6, 6.07) is 5.12. The molecule has 7 nitrogen and oxygen atoms in total. The summed E-state index contributed by atoms with van der Waals surface area (Å²) in [6.45, 7) is 4.46. The normalized spacial score (nSPS) is 18.3. The minimum Gasteiger partial charge on any atom is -0.453 e. The minimum atomic E-state index is -0.624. The van der Waals surface area contributed by atoms with Crippen LogP contribution < -0.4 is 5.32 Å². The highest BCUT2D eigenvalue weighted by molar-refractivity contribution is 9.10. The van der Waals surface area contributed by atoms with Gasteiger partial charge in [-0.05, 0) is 37.0 Å². The van der Waals surface area contributed by atoms with Gasteiger partial charge in [0.1, 0.15) is 11.9 Å². The Morgan fingerprint density at radius 2 is 2.19 bits per heavy atom. The van der Waals surface area contributed by atoms with Gasteiger partial charge in [0.25, 0.3) is 0 Å². The van der Waals surface area contributed by atoms with E-state index >= 15 is 0 Å². The average molecular weight is 423 g/mol. The number of aromatic amines is 1. The number of hydrogen-bond acceptors (Lipinski definition) is 4. The SMILES string of the molecule is COC(=O)N[C@@H](C(=O)N1CCC[C@H]1c1nc2ccc(Br)cc2[nH]1)C(C)C. The van der Waals surface area contributed by atoms with Gasteiger partial charge >= 0.3 is 6.09 Å². The molecule has 2 aromatic rings. The number of halogens is 1. The Bertz CT molecular complexity index is 820. The molecule has 2 heterocycles. The molecule has 3 rings (SSSR count). The van der Waals surface area contributed by atoms with Crippen molar-refractivity contribution in [1.82, 2.24) is 20.2 Å². The van der Waals surface area contributed by atoms with Crippen LogP contribution in [0.3, 0.4) is 0 Å². The van der Waals surface area contributed by atoms with E-state index in [-0.39, 0.29) is 17.9 Å². The maximum atomic E-state index is 13.1. The second-order valence-corrected chi connectivity index (χ2v) is 7.75. The van der Waals surface area contributed by atoms with E-state index in [9.17, 15) is 9.59 Å². The molecule has 2 amide bonds. The zero-order chi connectivity index (χ0) is 18.8. The fourth-order valence-corrected chi connectivity index (χ4v) is 3.71. The molecule has 26 heavy (non-hydrogen) atoms. The van der Waals surface area contributed by atoms with Crippen molar-refractivity contribution >= 4 is 39.0 Å². The number of rotatable bonds is 4. The van der Waals surface area contributed by atoms with Gasteiger partial charge in [0.2, 0.25) is 5.91 Å². The Hall–Kier alpha value is -2.09. The predicted molar refractivity (Wildman–Crippen MR) is 102 cm³/mol. The number of methoxy groups -OCH3 is 1. The third-order valence-corrected chi connectivity index (χ3v) is 5.20. The van der Waals surface area contributed by atoms with Crippen LogP contribution in [0.4, 0.5) is 4.79 Å². The van der Waals surface area contributed by atoms with Gasteiger partial charge in [-0.3, -0.25) is 4.79 Å². The van der Waals surface area contributed by atoms with Gasteiger partial charge in [-0.25, -0.2) is 9.78 Å². The Labute approximate surface area is 160 Å². The quantitative estimate of drug-likeness (QED) is 0.790. The molecule has 0 saturated carbocycles. The topological polar surface area (TPSA) is 87.3 Å². The maximum Gasteiger partial charge on any atom is 0.407 e. The minimum absolute atomic E-state index is 0.0468. The number of nitrogens with zero attached hydrogens (tertiary/aromatic N) is 2. The lowest BCUT2D eigenvalue weighted by atomic mass is 10.0. The van der Waals surface area contributed by atoms with Crippen LogP contribution >= 0.6 is 15.9 Å². The predicted octanol–water partition coefficient (Wildman–Crippen LogP) is 3.37. The zero-order valence-electron chi connectivity index (χ0n) is 15.1. The zero-order valence-corrected chi connectivity index (χ0v) is 16.7. The number of nitrogens with one attached hydrogen (secondary N) is 2. The van der Waals surface area contributed by atoms with Crippen LogP contribution in [0.15, 0.2) is 22.7 Å². The third kappa shape index (κ3) is 3.70. The highest BCUT2D eigenvalue weighted by Gasteiger charge is 2.37. The molecule has 140 valence electrons. The Morgan fingerprint density at radius 1 is 1.42 bits per heavy atom. The molecular formula is C18H23BrN4O3. The first-order chi connectivity index (χ1) is 12.4. The standard InChI is InChI=1S/C18H23BrN4O3/c1-10(2)15(22-18(25)26-3)17(24)23-8-4-5-14(23)16-20-12-7-6-11(19)9-13(12)21-16/h6-7,9-10,14-15H,4-5,8H2,1-3H3,(H,20,21)(H,22,25)/t14-,15+/m0/s1. The second kappa shape index (κ2) is 7.65. The second-order valence-electron chi connectivity index (χ2n) is 6.83. The summed E-state index contributed by atoms with van der Waals surface area (Å²) in [7, 11) is 1.29. The number of H-pyrrole nitrogens is 1. The van der Waals surface area contributed by atoms with E-state index in [1.807, 2.05) is 36.9 Å². The van der Waals surface area contributed by atoms with Gasteiger partial charge < -0.3 is 19.9 Å². The van der Waals surface area contributed by atoms with E-state index in [0.717, 1.165) is 34.2 Å². The Balaban J connectivity index is 1.85. The van der Waals surface area contributed by atoms with Crippen molar-refractivity contribution in [3.8, 4) is 0 Å². The molecule has 0 bridgehead atoms. The van der Waals surface area contributed by atoms with Crippen LogP contribution in [0.2, 0.25) is 0 Å². The highest BCUT2D eigenvalue weighted by atomic mass is 79.9. The first-order valence-electron chi connectivity index (χ1n) is 8.71. The maximum absolute atomic E-state index is 13.1. The lowest BCUT2D eigenvalue weighted by Gasteiger charge is -2.29.